The van der Waals surface area contributed by atoms with Crippen molar-refractivity contribution in [3.8, 4) is 0 Å². The molecular formula is C14H23BrCl2N2O. The molecule has 1 aliphatic rings. The lowest BCUT2D eigenvalue weighted by Gasteiger charge is -2.26. The molecule has 0 bridgehead atoms. The molecule has 1 aromatic rings. The van der Waals surface area contributed by atoms with E-state index < -0.39 is 0 Å². The number of hydrogen-bond acceptors (Lipinski definition) is 3. The van der Waals surface area contributed by atoms with Gasteiger partial charge in [-0.05, 0) is 37.2 Å². The first-order valence-electron chi connectivity index (χ1n) is 6.60. The Morgan fingerprint density at radius 1 is 1.10 bits per heavy atom. The summed E-state index contributed by atoms with van der Waals surface area (Å²) in [4.78, 5) is 2.48. The fourth-order valence-corrected chi connectivity index (χ4v) is 2.35. The molecule has 1 saturated heterocycles. The summed E-state index contributed by atoms with van der Waals surface area (Å²) in [5.74, 6) is 0. The van der Waals surface area contributed by atoms with Gasteiger partial charge in [-0.1, -0.05) is 28.1 Å². The monoisotopic (exact) mass is 384 g/mol. The Bertz CT molecular complexity index is 346. The van der Waals surface area contributed by atoms with Crippen molar-refractivity contribution in [3.05, 3.63) is 34.3 Å². The lowest BCUT2D eigenvalue weighted by atomic mass is 10.2. The molecule has 0 atom stereocenters. The zero-order valence-electron chi connectivity index (χ0n) is 11.5. The second-order valence-electron chi connectivity index (χ2n) is 4.61. The van der Waals surface area contributed by atoms with Crippen molar-refractivity contribution in [2.75, 3.05) is 39.4 Å². The van der Waals surface area contributed by atoms with Gasteiger partial charge in [0.1, 0.15) is 0 Å². The van der Waals surface area contributed by atoms with Gasteiger partial charge in [0, 0.05) is 24.1 Å². The van der Waals surface area contributed by atoms with E-state index in [-0.39, 0.29) is 24.8 Å². The fourth-order valence-electron chi connectivity index (χ4n) is 2.09. The Kier molecular flexibility index (Phi) is 11.9. The van der Waals surface area contributed by atoms with Gasteiger partial charge in [0.05, 0.1) is 13.2 Å². The highest BCUT2D eigenvalue weighted by Crippen LogP contribution is 2.10. The molecule has 1 heterocycles. The molecule has 20 heavy (non-hydrogen) atoms. The Balaban J connectivity index is 0.00000180. The number of morpholine rings is 1. The SMILES string of the molecule is Brc1ccc(CNCCCN2CCOCC2)cc1.Cl.Cl. The van der Waals surface area contributed by atoms with Gasteiger partial charge >= 0.3 is 0 Å². The minimum Gasteiger partial charge on any atom is -0.379 e. The number of halogens is 3. The van der Waals surface area contributed by atoms with E-state index in [1.54, 1.807) is 0 Å². The molecule has 116 valence electrons. The molecule has 1 N–H and O–H groups in total. The number of ether oxygens (including phenoxy) is 1. The molecule has 0 spiro atoms. The number of nitrogens with one attached hydrogen (secondary N) is 1. The van der Waals surface area contributed by atoms with E-state index in [9.17, 15) is 0 Å². The highest BCUT2D eigenvalue weighted by Gasteiger charge is 2.08. The van der Waals surface area contributed by atoms with Gasteiger partial charge in [-0.2, -0.15) is 0 Å². The van der Waals surface area contributed by atoms with Gasteiger partial charge < -0.3 is 10.1 Å². The second-order valence-corrected chi connectivity index (χ2v) is 5.53. The third-order valence-corrected chi connectivity index (χ3v) is 3.70. The molecule has 2 rings (SSSR count). The zero-order valence-corrected chi connectivity index (χ0v) is 14.7. The van der Waals surface area contributed by atoms with E-state index in [2.05, 4.69) is 50.4 Å². The highest BCUT2D eigenvalue weighted by molar-refractivity contribution is 9.10. The van der Waals surface area contributed by atoms with E-state index in [1.165, 1.54) is 18.5 Å². The summed E-state index contributed by atoms with van der Waals surface area (Å²) in [6.07, 6.45) is 1.20. The predicted molar refractivity (Wildman–Crippen MR) is 92.2 cm³/mol. The summed E-state index contributed by atoms with van der Waals surface area (Å²) in [5, 5.41) is 3.49. The third kappa shape index (κ3) is 7.81. The van der Waals surface area contributed by atoms with Gasteiger partial charge in [-0.15, -0.1) is 24.8 Å². The number of nitrogens with zero attached hydrogens (tertiary/aromatic N) is 1. The molecule has 1 aromatic carbocycles. The summed E-state index contributed by atoms with van der Waals surface area (Å²) in [6, 6.07) is 8.48. The van der Waals surface area contributed by atoms with Crippen LogP contribution in [0.25, 0.3) is 0 Å². The van der Waals surface area contributed by atoms with Crippen molar-refractivity contribution in [1.82, 2.24) is 10.2 Å². The van der Waals surface area contributed by atoms with Gasteiger partial charge in [-0.25, -0.2) is 0 Å². The minimum atomic E-state index is 0. The van der Waals surface area contributed by atoms with Crippen molar-refractivity contribution >= 4 is 40.7 Å². The molecule has 0 aromatic heterocycles. The van der Waals surface area contributed by atoms with Gasteiger partial charge in [-0.3, -0.25) is 4.90 Å². The standard InChI is InChI=1S/C14H21BrN2O.2ClH/c15-14-4-2-13(3-5-14)12-16-6-1-7-17-8-10-18-11-9-17;;/h2-5,16H,1,6-12H2;2*1H. The normalized spacial score (nSPS) is 15.2. The van der Waals surface area contributed by atoms with Crippen molar-refractivity contribution in [3.63, 3.8) is 0 Å². The van der Waals surface area contributed by atoms with Gasteiger partial charge in [0.15, 0.2) is 0 Å². The first-order valence-corrected chi connectivity index (χ1v) is 7.39. The van der Waals surface area contributed by atoms with Crippen LogP contribution >= 0.6 is 40.7 Å². The van der Waals surface area contributed by atoms with Crippen molar-refractivity contribution in [2.45, 2.75) is 13.0 Å². The van der Waals surface area contributed by atoms with Crippen LogP contribution in [0.2, 0.25) is 0 Å². The Hall–Kier alpha value is 0.160. The molecule has 1 fully saturated rings. The summed E-state index contributed by atoms with van der Waals surface area (Å²) in [6.45, 7) is 7.18. The fraction of sp³-hybridized carbons (Fsp3) is 0.571. The van der Waals surface area contributed by atoms with E-state index in [1.807, 2.05) is 0 Å². The van der Waals surface area contributed by atoms with Crippen molar-refractivity contribution < 1.29 is 4.74 Å². The van der Waals surface area contributed by atoms with Crippen LogP contribution in [-0.2, 0) is 11.3 Å². The number of benzene rings is 1. The maximum atomic E-state index is 5.33. The molecule has 6 heteroatoms. The number of rotatable bonds is 6. The molecule has 1 aliphatic heterocycles. The molecule has 0 unspecified atom stereocenters. The van der Waals surface area contributed by atoms with Crippen LogP contribution in [0.3, 0.4) is 0 Å². The van der Waals surface area contributed by atoms with Crippen LogP contribution in [0.1, 0.15) is 12.0 Å². The third-order valence-electron chi connectivity index (χ3n) is 3.17. The van der Waals surface area contributed by atoms with Crippen LogP contribution < -0.4 is 5.32 Å². The van der Waals surface area contributed by atoms with E-state index in [4.69, 9.17) is 4.74 Å². The maximum absolute atomic E-state index is 5.33. The summed E-state index contributed by atoms with van der Waals surface area (Å²) >= 11 is 3.45. The zero-order chi connectivity index (χ0) is 12.6. The summed E-state index contributed by atoms with van der Waals surface area (Å²) in [7, 11) is 0. The van der Waals surface area contributed by atoms with Crippen LogP contribution in [-0.4, -0.2) is 44.3 Å². The van der Waals surface area contributed by atoms with Crippen LogP contribution in [0, 0.1) is 0 Å². The smallest absolute Gasteiger partial charge is 0.0594 e. The first kappa shape index (κ1) is 20.2. The molecular weight excluding hydrogens is 363 g/mol. The molecule has 0 saturated carbocycles. The van der Waals surface area contributed by atoms with Gasteiger partial charge in [0.2, 0.25) is 0 Å². The summed E-state index contributed by atoms with van der Waals surface area (Å²) in [5.41, 5.74) is 1.34. The number of hydrogen-bond donors (Lipinski definition) is 1. The Morgan fingerprint density at radius 2 is 1.75 bits per heavy atom. The van der Waals surface area contributed by atoms with E-state index in [0.717, 1.165) is 43.9 Å². The quantitative estimate of drug-likeness (QED) is 0.761. The molecule has 0 radical (unpaired) electrons. The molecule has 3 nitrogen and oxygen atoms in total. The minimum absolute atomic E-state index is 0. The Morgan fingerprint density at radius 3 is 2.40 bits per heavy atom. The van der Waals surface area contributed by atoms with Crippen LogP contribution in [0.5, 0.6) is 0 Å². The first-order chi connectivity index (χ1) is 8.84. The average Bonchev–Trinajstić information content (AvgIpc) is 2.42. The van der Waals surface area contributed by atoms with Gasteiger partial charge in [0.25, 0.3) is 0 Å². The maximum Gasteiger partial charge on any atom is 0.0594 e. The average molecular weight is 386 g/mol. The lowest BCUT2D eigenvalue weighted by Crippen LogP contribution is -2.37. The highest BCUT2D eigenvalue weighted by atomic mass is 79.9. The largest absolute Gasteiger partial charge is 0.379 e. The molecule has 0 aliphatic carbocycles. The summed E-state index contributed by atoms with van der Waals surface area (Å²) < 4.78 is 6.47. The van der Waals surface area contributed by atoms with Crippen LogP contribution in [0.15, 0.2) is 28.7 Å². The lowest BCUT2D eigenvalue weighted by molar-refractivity contribution is 0.0374. The Labute approximate surface area is 142 Å². The van der Waals surface area contributed by atoms with E-state index in [0.29, 0.717) is 0 Å². The van der Waals surface area contributed by atoms with Crippen molar-refractivity contribution in [2.24, 2.45) is 0 Å². The van der Waals surface area contributed by atoms with Crippen LogP contribution in [0.4, 0.5) is 0 Å². The topological polar surface area (TPSA) is 24.5 Å². The molecule has 0 amide bonds. The second kappa shape index (κ2) is 11.8. The van der Waals surface area contributed by atoms with E-state index >= 15 is 0 Å². The predicted octanol–water partition coefficient (Wildman–Crippen LogP) is 3.10. The van der Waals surface area contributed by atoms with Crippen molar-refractivity contribution in [1.29, 1.82) is 0 Å².